The molecule has 2 aromatic heterocycles. The van der Waals surface area contributed by atoms with Crippen molar-refractivity contribution in [2.24, 2.45) is 0 Å². The molecule has 0 saturated carbocycles. The van der Waals surface area contributed by atoms with Crippen molar-refractivity contribution in [2.45, 2.75) is 19.0 Å². The largest absolute Gasteiger partial charge is 0.394 e. The van der Waals surface area contributed by atoms with Crippen LogP contribution >= 0.6 is 11.3 Å². The Morgan fingerprint density at radius 1 is 1.10 bits per heavy atom. The minimum atomic E-state index is -0.198. The van der Waals surface area contributed by atoms with E-state index >= 15 is 0 Å². The zero-order chi connectivity index (χ0) is 21.2. The van der Waals surface area contributed by atoms with Crippen molar-refractivity contribution in [3.63, 3.8) is 0 Å². The molecule has 6 heteroatoms. The number of aliphatic hydroxyl groups is 1. The lowest BCUT2D eigenvalue weighted by Gasteiger charge is -2.19. The summed E-state index contributed by atoms with van der Waals surface area (Å²) >= 11 is 1.67. The summed E-state index contributed by atoms with van der Waals surface area (Å²) in [5, 5.41) is 17.6. The van der Waals surface area contributed by atoms with Gasteiger partial charge in [0.1, 0.15) is 0 Å². The molecule has 2 unspecified atom stereocenters. The topological polar surface area (TPSA) is 69.2 Å². The maximum absolute atomic E-state index is 9.97. The van der Waals surface area contributed by atoms with Crippen molar-refractivity contribution in [1.29, 1.82) is 0 Å². The summed E-state index contributed by atoms with van der Waals surface area (Å²) in [6, 6.07) is 20.7. The third-order valence-corrected chi connectivity index (χ3v) is 6.34. The first-order chi connectivity index (χ1) is 15.2. The van der Waals surface area contributed by atoms with E-state index in [2.05, 4.69) is 64.2 Å². The van der Waals surface area contributed by atoms with Gasteiger partial charge in [0.25, 0.3) is 0 Å². The van der Waals surface area contributed by atoms with Gasteiger partial charge in [0.15, 0.2) is 0 Å². The van der Waals surface area contributed by atoms with Gasteiger partial charge in [-0.3, -0.25) is 4.98 Å². The molecule has 5 nitrogen and oxygen atoms in total. The summed E-state index contributed by atoms with van der Waals surface area (Å²) in [6.45, 7) is 2.14. The fraction of sp³-hybridized carbons (Fsp3) is 0.160. The van der Waals surface area contributed by atoms with E-state index in [-0.39, 0.29) is 18.7 Å². The van der Waals surface area contributed by atoms with Crippen LogP contribution in [-0.2, 0) is 0 Å². The van der Waals surface area contributed by atoms with Crippen molar-refractivity contribution < 1.29 is 5.11 Å². The highest BCUT2D eigenvalue weighted by Gasteiger charge is 2.20. The second-order valence-electron chi connectivity index (χ2n) is 7.72. The number of aromatic nitrogens is 1. The van der Waals surface area contributed by atoms with E-state index in [1.807, 2.05) is 36.5 Å². The predicted molar refractivity (Wildman–Crippen MR) is 128 cm³/mol. The molecule has 0 fully saturated rings. The first kappa shape index (κ1) is 19.8. The van der Waals surface area contributed by atoms with Crippen LogP contribution in [0.25, 0.3) is 22.4 Å². The lowest BCUT2D eigenvalue weighted by molar-refractivity contribution is 0.276. The van der Waals surface area contributed by atoms with Gasteiger partial charge in [0.2, 0.25) is 0 Å². The van der Waals surface area contributed by atoms with Gasteiger partial charge in [0.05, 0.1) is 42.0 Å². The SMILES string of the molecule is CC1NNc2ccc(-c3cc(NC(CO)c4ccccc4)cnc3-c3ccsc3)cc21. The quantitative estimate of drug-likeness (QED) is 0.321. The first-order valence-corrected chi connectivity index (χ1v) is 11.3. The lowest BCUT2D eigenvalue weighted by atomic mass is 9.96. The lowest BCUT2D eigenvalue weighted by Crippen LogP contribution is -2.15. The standard InChI is InChI=1S/C25H24N4OS/c1-16-21-11-18(7-8-23(21)29-28-16)22-12-20(13-26-25(22)19-9-10-31-15-19)27-24(14-30)17-5-3-2-4-6-17/h2-13,15-16,24,27-30H,14H2,1H3. The van der Waals surface area contributed by atoms with Gasteiger partial charge >= 0.3 is 0 Å². The summed E-state index contributed by atoms with van der Waals surface area (Å²) < 4.78 is 0. The molecular formula is C25H24N4OS. The van der Waals surface area contributed by atoms with Crippen LogP contribution in [-0.4, -0.2) is 16.7 Å². The molecule has 1 aliphatic heterocycles. The molecular weight excluding hydrogens is 404 g/mol. The number of anilines is 2. The van der Waals surface area contributed by atoms with Crippen molar-refractivity contribution in [3.05, 3.63) is 88.7 Å². The first-order valence-electron chi connectivity index (χ1n) is 10.3. The Morgan fingerprint density at radius 3 is 2.74 bits per heavy atom. The molecule has 0 radical (unpaired) electrons. The van der Waals surface area contributed by atoms with Crippen LogP contribution in [0.1, 0.15) is 30.1 Å². The predicted octanol–water partition coefficient (Wildman–Crippen LogP) is 5.61. The highest BCUT2D eigenvalue weighted by atomic mass is 32.1. The van der Waals surface area contributed by atoms with Crippen LogP contribution in [0, 0.1) is 0 Å². The average Bonchev–Trinajstić information content (AvgIpc) is 3.48. The molecule has 3 heterocycles. The maximum Gasteiger partial charge on any atom is 0.0790 e. The third kappa shape index (κ3) is 3.93. The van der Waals surface area contributed by atoms with Crippen molar-refractivity contribution in [3.8, 4) is 22.4 Å². The molecule has 0 saturated heterocycles. The van der Waals surface area contributed by atoms with E-state index in [0.29, 0.717) is 0 Å². The van der Waals surface area contributed by atoms with Crippen molar-refractivity contribution in [2.75, 3.05) is 17.3 Å². The van der Waals surface area contributed by atoms with E-state index in [9.17, 15) is 5.11 Å². The summed E-state index contributed by atoms with van der Waals surface area (Å²) in [6.07, 6.45) is 1.85. The molecule has 5 rings (SSSR count). The monoisotopic (exact) mass is 428 g/mol. The highest BCUT2D eigenvalue weighted by Crippen LogP contribution is 2.38. The van der Waals surface area contributed by atoms with Gasteiger partial charge < -0.3 is 15.8 Å². The number of rotatable bonds is 6. The Balaban J connectivity index is 1.56. The van der Waals surface area contributed by atoms with Gasteiger partial charge in [-0.25, -0.2) is 5.43 Å². The molecule has 1 aliphatic rings. The number of hydrazine groups is 1. The number of aliphatic hydroxyl groups excluding tert-OH is 1. The molecule has 31 heavy (non-hydrogen) atoms. The van der Waals surface area contributed by atoms with Crippen LogP contribution < -0.4 is 16.2 Å². The minimum Gasteiger partial charge on any atom is -0.394 e. The molecule has 0 spiro atoms. The Bertz CT molecular complexity index is 1180. The van der Waals surface area contributed by atoms with Crippen LogP contribution in [0.5, 0.6) is 0 Å². The molecule has 0 bridgehead atoms. The van der Waals surface area contributed by atoms with E-state index in [1.54, 1.807) is 11.3 Å². The average molecular weight is 429 g/mol. The van der Waals surface area contributed by atoms with E-state index in [4.69, 9.17) is 4.98 Å². The van der Waals surface area contributed by atoms with Crippen LogP contribution in [0.4, 0.5) is 11.4 Å². The fourth-order valence-electron chi connectivity index (χ4n) is 3.98. The zero-order valence-corrected chi connectivity index (χ0v) is 18.0. The van der Waals surface area contributed by atoms with Gasteiger partial charge in [-0.1, -0.05) is 36.4 Å². The number of fused-ring (bicyclic) bond motifs is 1. The van der Waals surface area contributed by atoms with E-state index in [1.165, 1.54) is 5.56 Å². The summed E-state index contributed by atoms with van der Waals surface area (Å²) in [5.41, 5.74) is 15.0. The fourth-order valence-corrected chi connectivity index (χ4v) is 4.62. The van der Waals surface area contributed by atoms with Crippen LogP contribution in [0.3, 0.4) is 0 Å². The van der Waals surface area contributed by atoms with Gasteiger partial charge in [0, 0.05) is 16.5 Å². The minimum absolute atomic E-state index is 0.000667. The molecule has 2 atom stereocenters. The number of thiophene rings is 1. The molecule has 4 N–H and O–H groups in total. The maximum atomic E-state index is 9.97. The number of benzene rings is 2. The molecule has 2 aromatic carbocycles. The second-order valence-corrected chi connectivity index (χ2v) is 8.50. The van der Waals surface area contributed by atoms with Crippen molar-refractivity contribution >= 4 is 22.7 Å². The van der Waals surface area contributed by atoms with Crippen molar-refractivity contribution in [1.82, 2.24) is 10.4 Å². The highest BCUT2D eigenvalue weighted by molar-refractivity contribution is 7.08. The van der Waals surface area contributed by atoms with Gasteiger partial charge in [-0.2, -0.15) is 11.3 Å². The second kappa shape index (κ2) is 8.51. The Kier molecular flexibility index (Phi) is 5.42. The van der Waals surface area contributed by atoms with Gasteiger partial charge in [-0.15, -0.1) is 0 Å². The van der Waals surface area contributed by atoms with E-state index < -0.39 is 0 Å². The molecule has 0 amide bonds. The number of pyridine rings is 1. The summed E-state index contributed by atoms with van der Waals surface area (Å²) in [4.78, 5) is 4.82. The van der Waals surface area contributed by atoms with Crippen LogP contribution in [0.15, 0.2) is 77.6 Å². The Labute approximate surface area is 185 Å². The molecule has 156 valence electrons. The van der Waals surface area contributed by atoms with E-state index in [0.717, 1.165) is 39.3 Å². The Hall–Kier alpha value is -3.19. The number of nitrogens with one attached hydrogen (secondary N) is 3. The smallest absolute Gasteiger partial charge is 0.0790 e. The zero-order valence-electron chi connectivity index (χ0n) is 17.2. The molecule has 0 aliphatic carbocycles. The summed E-state index contributed by atoms with van der Waals surface area (Å²) in [7, 11) is 0. The van der Waals surface area contributed by atoms with Gasteiger partial charge in [-0.05, 0) is 53.3 Å². The van der Waals surface area contributed by atoms with Crippen LogP contribution in [0.2, 0.25) is 0 Å². The molecule has 4 aromatic rings. The normalized spacial score (nSPS) is 15.9. The third-order valence-electron chi connectivity index (χ3n) is 5.66. The summed E-state index contributed by atoms with van der Waals surface area (Å²) in [5.74, 6) is 0. The number of hydrogen-bond donors (Lipinski definition) is 4. The number of nitrogens with zero attached hydrogens (tertiary/aromatic N) is 1. The Morgan fingerprint density at radius 2 is 1.97 bits per heavy atom. The number of hydrogen-bond acceptors (Lipinski definition) is 6.